The van der Waals surface area contributed by atoms with Crippen LogP contribution in [0.3, 0.4) is 0 Å². The van der Waals surface area contributed by atoms with E-state index in [1.165, 1.54) is 35.9 Å². The monoisotopic (exact) mass is 403 g/mol. The maximum atomic E-state index is 12.7. The van der Waals surface area contributed by atoms with Gasteiger partial charge in [0.1, 0.15) is 5.56 Å². The van der Waals surface area contributed by atoms with Crippen molar-refractivity contribution in [3.05, 3.63) is 54.0 Å². The number of benzene rings is 1. The smallest absolute Gasteiger partial charge is 0.261 e. The highest BCUT2D eigenvalue weighted by Crippen LogP contribution is 2.18. The van der Waals surface area contributed by atoms with E-state index in [9.17, 15) is 13.2 Å². The highest BCUT2D eigenvalue weighted by atomic mass is 32.2. The predicted octanol–water partition coefficient (Wildman–Crippen LogP) is 1.60. The van der Waals surface area contributed by atoms with Crippen molar-refractivity contribution in [1.29, 1.82) is 0 Å². The zero-order valence-corrected chi connectivity index (χ0v) is 16.5. The maximum absolute atomic E-state index is 12.7. The molecule has 2 N–H and O–H groups in total. The van der Waals surface area contributed by atoms with E-state index in [0.717, 1.165) is 0 Å². The standard InChI is InChI=1S/C18H21N5O4S/c1-12(11-27-3)22-28(25,26)15-7-5-14(6-8-15)20-18(24)16-13(2)21-23-10-4-9-19-17(16)23/h4-10,12,22H,11H2,1-3H3,(H,20,24). The Balaban J connectivity index is 1.77. The molecule has 2 aromatic heterocycles. The lowest BCUT2D eigenvalue weighted by molar-refractivity contribution is 0.102. The number of aromatic nitrogens is 3. The fraction of sp³-hybridized carbons (Fsp3) is 0.278. The van der Waals surface area contributed by atoms with Gasteiger partial charge in [-0.3, -0.25) is 4.79 Å². The average molecular weight is 403 g/mol. The quantitative estimate of drug-likeness (QED) is 0.619. The summed E-state index contributed by atoms with van der Waals surface area (Å²) >= 11 is 0. The first kappa shape index (κ1) is 19.9. The normalized spacial score (nSPS) is 12.8. The number of ether oxygens (including phenoxy) is 1. The summed E-state index contributed by atoms with van der Waals surface area (Å²) < 4.78 is 33.7. The van der Waals surface area contributed by atoms with Gasteiger partial charge >= 0.3 is 0 Å². The second-order valence-corrected chi connectivity index (χ2v) is 8.02. The van der Waals surface area contributed by atoms with Crippen LogP contribution in [0.1, 0.15) is 23.0 Å². The lowest BCUT2D eigenvalue weighted by Gasteiger charge is -2.13. The molecule has 0 saturated heterocycles. The van der Waals surface area contributed by atoms with Crippen LogP contribution in [0.4, 0.5) is 5.69 Å². The van der Waals surface area contributed by atoms with Gasteiger partial charge in [-0.2, -0.15) is 5.10 Å². The van der Waals surface area contributed by atoms with E-state index in [0.29, 0.717) is 22.6 Å². The fourth-order valence-corrected chi connectivity index (χ4v) is 4.02. The Hall–Kier alpha value is -2.82. The van der Waals surface area contributed by atoms with Gasteiger partial charge in [0.25, 0.3) is 5.91 Å². The van der Waals surface area contributed by atoms with Crippen LogP contribution in [0, 0.1) is 6.92 Å². The molecule has 0 bridgehead atoms. The summed E-state index contributed by atoms with van der Waals surface area (Å²) in [5.41, 5.74) is 1.83. The molecule has 1 aromatic carbocycles. The molecule has 0 fully saturated rings. The third kappa shape index (κ3) is 4.19. The van der Waals surface area contributed by atoms with Gasteiger partial charge in [0.2, 0.25) is 10.0 Å². The van der Waals surface area contributed by atoms with Crippen molar-refractivity contribution in [3.63, 3.8) is 0 Å². The summed E-state index contributed by atoms with van der Waals surface area (Å²) in [5.74, 6) is -0.367. The number of methoxy groups -OCH3 is 1. The van der Waals surface area contributed by atoms with Crippen LogP contribution in [0.5, 0.6) is 0 Å². The summed E-state index contributed by atoms with van der Waals surface area (Å²) in [4.78, 5) is 17.0. The number of hydrogen-bond acceptors (Lipinski definition) is 6. The van der Waals surface area contributed by atoms with Gasteiger partial charge in [0.15, 0.2) is 5.65 Å². The predicted molar refractivity (Wildman–Crippen MR) is 104 cm³/mol. The number of fused-ring (bicyclic) bond motifs is 1. The Morgan fingerprint density at radius 1 is 1.29 bits per heavy atom. The fourth-order valence-electron chi connectivity index (χ4n) is 2.79. The third-order valence-electron chi connectivity index (χ3n) is 3.99. The Morgan fingerprint density at radius 2 is 2.00 bits per heavy atom. The molecule has 2 heterocycles. The van der Waals surface area contributed by atoms with E-state index in [1.54, 1.807) is 32.3 Å². The topological polar surface area (TPSA) is 115 Å². The van der Waals surface area contributed by atoms with Crippen LogP contribution in [0.2, 0.25) is 0 Å². The molecule has 0 aliphatic heterocycles. The Labute approximate surface area is 162 Å². The number of nitrogens with one attached hydrogen (secondary N) is 2. The second kappa shape index (κ2) is 8.05. The van der Waals surface area contributed by atoms with Crippen LogP contribution < -0.4 is 10.0 Å². The minimum absolute atomic E-state index is 0.0993. The van der Waals surface area contributed by atoms with Crippen molar-refractivity contribution in [2.75, 3.05) is 19.0 Å². The van der Waals surface area contributed by atoms with E-state index in [-0.39, 0.29) is 23.5 Å². The third-order valence-corrected chi connectivity index (χ3v) is 5.60. The molecule has 148 valence electrons. The van der Waals surface area contributed by atoms with Gasteiger partial charge in [-0.1, -0.05) is 0 Å². The second-order valence-electron chi connectivity index (χ2n) is 6.30. The lowest BCUT2D eigenvalue weighted by Crippen LogP contribution is -2.35. The molecule has 10 heteroatoms. The van der Waals surface area contributed by atoms with E-state index in [1.807, 2.05) is 0 Å². The van der Waals surface area contributed by atoms with Crippen LogP contribution in [0.15, 0.2) is 47.6 Å². The molecule has 0 aliphatic rings. The molecule has 0 spiro atoms. The highest BCUT2D eigenvalue weighted by Gasteiger charge is 2.20. The minimum Gasteiger partial charge on any atom is -0.383 e. The highest BCUT2D eigenvalue weighted by molar-refractivity contribution is 7.89. The molecule has 0 saturated carbocycles. The Bertz CT molecular complexity index is 1090. The summed E-state index contributed by atoms with van der Waals surface area (Å²) in [6.07, 6.45) is 3.30. The summed E-state index contributed by atoms with van der Waals surface area (Å²) in [5, 5.41) is 7.01. The molecule has 3 aromatic rings. The van der Waals surface area contributed by atoms with Crippen LogP contribution in [-0.4, -0.2) is 48.7 Å². The van der Waals surface area contributed by atoms with E-state index in [4.69, 9.17) is 4.74 Å². The number of rotatable bonds is 7. The average Bonchev–Trinajstić information content (AvgIpc) is 2.97. The molecule has 1 atom stereocenters. The molecule has 1 unspecified atom stereocenters. The zero-order valence-electron chi connectivity index (χ0n) is 15.7. The van der Waals surface area contributed by atoms with Crippen molar-refractivity contribution in [1.82, 2.24) is 19.3 Å². The van der Waals surface area contributed by atoms with Gasteiger partial charge in [0, 0.05) is 31.2 Å². The molecule has 9 nitrogen and oxygen atoms in total. The summed E-state index contributed by atoms with van der Waals surface area (Å²) in [6, 6.07) is 7.28. The summed E-state index contributed by atoms with van der Waals surface area (Å²) in [6.45, 7) is 3.70. The zero-order chi connectivity index (χ0) is 20.3. The lowest BCUT2D eigenvalue weighted by atomic mass is 10.2. The first-order valence-electron chi connectivity index (χ1n) is 8.54. The SMILES string of the molecule is COCC(C)NS(=O)(=O)c1ccc(NC(=O)c2c(C)nn3cccnc23)cc1. The van der Waals surface area contributed by atoms with Gasteiger partial charge < -0.3 is 10.1 Å². The molecule has 0 radical (unpaired) electrons. The number of amides is 1. The number of nitrogens with zero attached hydrogens (tertiary/aromatic N) is 3. The number of aryl methyl sites for hydroxylation is 1. The van der Waals surface area contributed by atoms with Gasteiger partial charge in [-0.05, 0) is 44.2 Å². The number of anilines is 1. The molecule has 28 heavy (non-hydrogen) atoms. The summed E-state index contributed by atoms with van der Waals surface area (Å²) in [7, 11) is -2.17. The van der Waals surface area contributed by atoms with Crippen molar-refractivity contribution in [3.8, 4) is 0 Å². The van der Waals surface area contributed by atoms with Gasteiger partial charge in [0.05, 0.1) is 17.2 Å². The van der Waals surface area contributed by atoms with E-state index in [2.05, 4.69) is 20.1 Å². The number of hydrogen-bond donors (Lipinski definition) is 2. The maximum Gasteiger partial charge on any atom is 0.261 e. The molecular formula is C18H21N5O4S. The van der Waals surface area contributed by atoms with Crippen LogP contribution in [-0.2, 0) is 14.8 Å². The number of sulfonamides is 1. The first-order valence-corrected chi connectivity index (χ1v) is 10.0. The molecule has 1 amide bonds. The van der Waals surface area contributed by atoms with Crippen molar-refractivity contribution >= 4 is 27.3 Å². The van der Waals surface area contributed by atoms with E-state index >= 15 is 0 Å². The minimum atomic E-state index is -3.67. The first-order chi connectivity index (χ1) is 13.3. The van der Waals surface area contributed by atoms with Crippen molar-refractivity contribution in [2.45, 2.75) is 24.8 Å². The molecule has 3 rings (SSSR count). The molecular weight excluding hydrogens is 382 g/mol. The number of carbonyl (C=O) groups excluding carboxylic acids is 1. The van der Waals surface area contributed by atoms with Gasteiger partial charge in [-0.15, -0.1) is 0 Å². The van der Waals surface area contributed by atoms with Crippen molar-refractivity contribution in [2.24, 2.45) is 0 Å². The van der Waals surface area contributed by atoms with Crippen LogP contribution >= 0.6 is 0 Å². The van der Waals surface area contributed by atoms with Crippen LogP contribution in [0.25, 0.3) is 5.65 Å². The molecule has 0 aliphatic carbocycles. The van der Waals surface area contributed by atoms with Crippen molar-refractivity contribution < 1.29 is 17.9 Å². The van der Waals surface area contributed by atoms with Gasteiger partial charge in [-0.25, -0.2) is 22.6 Å². The largest absolute Gasteiger partial charge is 0.383 e. The van der Waals surface area contributed by atoms with E-state index < -0.39 is 10.0 Å². The Kier molecular flexibility index (Phi) is 5.73. The number of carbonyl (C=O) groups is 1. The Morgan fingerprint density at radius 3 is 2.68 bits per heavy atom.